The van der Waals surface area contributed by atoms with Gasteiger partial charge in [-0.2, -0.15) is 5.26 Å². The summed E-state index contributed by atoms with van der Waals surface area (Å²) in [6.07, 6.45) is 8.69. The smallest absolute Gasteiger partial charge is 0.161 e. The zero-order valence-electron chi connectivity index (χ0n) is 18.7. The second-order valence-corrected chi connectivity index (χ2v) is 10.4. The first-order chi connectivity index (χ1) is 14.9. The summed E-state index contributed by atoms with van der Waals surface area (Å²) in [7, 11) is 0. The predicted octanol–water partition coefficient (Wildman–Crippen LogP) is 5.77. The maximum Gasteiger partial charge on any atom is 0.161 e. The minimum absolute atomic E-state index is 0.00115. The molecule has 0 atom stereocenters. The number of halogens is 1. The zero-order valence-corrected chi connectivity index (χ0v) is 18.7. The van der Waals surface area contributed by atoms with Gasteiger partial charge in [-0.05, 0) is 93.2 Å². The normalized spacial score (nSPS) is 28.5. The molecule has 4 nitrogen and oxygen atoms in total. The Bertz CT molecular complexity index is 987. The number of hydrogen-bond donors (Lipinski definition) is 0. The Balaban J connectivity index is 1.47. The lowest BCUT2D eigenvalue weighted by atomic mass is 9.66. The van der Waals surface area contributed by atoms with Crippen molar-refractivity contribution in [2.75, 3.05) is 6.61 Å². The molecule has 0 amide bonds. The van der Waals surface area contributed by atoms with Crippen LogP contribution in [0.1, 0.15) is 81.1 Å². The predicted molar refractivity (Wildman–Crippen MR) is 117 cm³/mol. The minimum atomic E-state index is -0.434. The summed E-state index contributed by atoms with van der Waals surface area (Å²) in [5, 5.41) is 9.67. The lowest BCUT2D eigenvalue weighted by molar-refractivity contribution is -0.0988. The van der Waals surface area contributed by atoms with Crippen LogP contribution in [0, 0.1) is 35.9 Å². The lowest BCUT2D eigenvalue weighted by Gasteiger charge is -2.45. The molecule has 0 spiro atoms. The van der Waals surface area contributed by atoms with E-state index in [0.29, 0.717) is 17.5 Å². The number of benzene rings is 1. The summed E-state index contributed by atoms with van der Waals surface area (Å²) in [6.45, 7) is 6.04. The van der Waals surface area contributed by atoms with E-state index in [4.69, 9.17) is 9.72 Å². The van der Waals surface area contributed by atoms with Crippen LogP contribution in [0.15, 0.2) is 24.3 Å². The summed E-state index contributed by atoms with van der Waals surface area (Å²) in [6, 6.07) is 9.30. The Kier molecular flexibility index (Phi) is 5.17. The van der Waals surface area contributed by atoms with Crippen LogP contribution in [0.5, 0.6) is 0 Å². The van der Waals surface area contributed by atoms with Gasteiger partial charge >= 0.3 is 0 Å². The van der Waals surface area contributed by atoms with Crippen molar-refractivity contribution in [3.8, 4) is 6.07 Å². The summed E-state index contributed by atoms with van der Waals surface area (Å²) in [4.78, 5) is 4.86. The molecule has 3 saturated carbocycles. The molecular weight excluding hydrogens is 389 g/mol. The SMILES string of the molecule is Cc1c(C#N)nc(C2(OCC3CC3)CCC(C)(c3ccc(F)cc3)CC2)n1CC1CC1. The zero-order chi connectivity index (χ0) is 21.6. The van der Waals surface area contributed by atoms with E-state index < -0.39 is 5.60 Å². The van der Waals surface area contributed by atoms with Crippen LogP contribution in [0.3, 0.4) is 0 Å². The number of nitrogens with zero attached hydrogens (tertiary/aromatic N) is 3. The van der Waals surface area contributed by atoms with Crippen LogP contribution in [-0.2, 0) is 22.3 Å². The number of hydrogen-bond acceptors (Lipinski definition) is 3. The van der Waals surface area contributed by atoms with Crippen molar-refractivity contribution in [2.45, 2.75) is 82.8 Å². The number of nitriles is 1. The molecule has 164 valence electrons. The number of aromatic nitrogens is 2. The van der Waals surface area contributed by atoms with E-state index >= 15 is 0 Å². The summed E-state index contributed by atoms with van der Waals surface area (Å²) in [5.74, 6) is 2.15. The number of ether oxygens (including phenoxy) is 1. The number of imidazole rings is 1. The van der Waals surface area contributed by atoms with E-state index in [-0.39, 0.29) is 11.2 Å². The van der Waals surface area contributed by atoms with Crippen LogP contribution < -0.4 is 0 Å². The molecule has 0 saturated heterocycles. The highest BCUT2D eigenvalue weighted by Gasteiger charge is 2.47. The Morgan fingerprint density at radius 2 is 1.74 bits per heavy atom. The van der Waals surface area contributed by atoms with E-state index in [9.17, 15) is 9.65 Å². The van der Waals surface area contributed by atoms with Crippen molar-refractivity contribution >= 4 is 0 Å². The lowest BCUT2D eigenvalue weighted by Crippen LogP contribution is -2.42. The van der Waals surface area contributed by atoms with Crippen LogP contribution in [0.2, 0.25) is 0 Å². The van der Waals surface area contributed by atoms with Crippen molar-refractivity contribution in [3.05, 3.63) is 52.9 Å². The minimum Gasteiger partial charge on any atom is -0.367 e. The van der Waals surface area contributed by atoms with Gasteiger partial charge < -0.3 is 9.30 Å². The Morgan fingerprint density at radius 3 is 2.32 bits per heavy atom. The van der Waals surface area contributed by atoms with Gasteiger partial charge in [-0.15, -0.1) is 0 Å². The van der Waals surface area contributed by atoms with Gasteiger partial charge in [0.25, 0.3) is 0 Å². The standard InChI is InChI=1S/C26H32FN3O/c1-18-23(15-28)29-24(30(18)16-19-3-4-19)26(31-17-20-5-6-20)13-11-25(2,12-14-26)21-7-9-22(27)10-8-21/h7-10,19-20H,3-6,11-14,16-17H2,1-2H3. The van der Waals surface area contributed by atoms with Gasteiger partial charge in [0.05, 0.1) is 12.3 Å². The van der Waals surface area contributed by atoms with Crippen molar-refractivity contribution in [1.82, 2.24) is 9.55 Å². The fourth-order valence-electron chi connectivity index (χ4n) is 5.11. The highest BCUT2D eigenvalue weighted by Crippen LogP contribution is 2.50. The summed E-state index contributed by atoms with van der Waals surface area (Å²) in [5.41, 5.74) is 2.28. The Morgan fingerprint density at radius 1 is 1.10 bits per heavy atom. The van der Waals surface area contributed by atoms with Crippen molar-refractivity contribution in [3.63, 3.8) is 0 Å². The molecule has 5 heteroatoms. The van der Waals surface area contributed by atoms with E-state index in [1.54, 1.807) is 12.1 Å². The van der Waals surface area contributed by atoms with Crippen molar-refractivity contribution in [1.29, 1.82) is 5.26 Å². The molecule has 0 radical (unpaired) electrons. The van der Waals surface area contributed by atoms with Crippen molar-refractivity contribution in [2.24, 2.45) is 11.8 Å². The topological polar surface area (TPSA) is 50.8 Å². The first kappa shape index (κ1) is 20.7. The van der Waals surface area contributed by atoms with Gasteiger partial charge in [0.15, 0.2) is 5.69 Å². The number of rotatable bonds is 7. The first-order valence-corrected chi connectivity index (χ1v) is 11.8. The van der Waals surface area contributed by atoms with E-state index in [1.165, 1.54) is 31.2 Å². The quantitative estimate of drug-likeness (QED) is 0.571. The van der Waals surface area contributed by atoms with E-state index in [0.717, 1.165) is 50.4 Å². The molecule has 1 aromatic carbocycles. The van der Waals surface area contributed by atoms with Crippen LogP contribution in [0.4, 0.5) is 4.39 Å². The fraction of sp³-hybridized carbons (Fsp3) is 0.615. The van der Waals surface area contributed by atoms with Gasteiger partial charge in [-0.1, -0.05) is 19.1 Å². The monoisotopic (exact) mass is 421 g/mol. The van der Waals surface area contributed by atoms with Crippen LogP contribution in [-0.4, -0.2) is 16.2 Å². The van der Waals surface area contributed by atoms with Gasteiger partial charge in [0.2, 0.25) is 0 Å². The molecule has 3 fully saturated rings. The Hall–Kier alpha value is -2.19. The molecule has 5 rings (SSSR count). The summed E-state index contributed by atoms with van der Waals surface area (Å²) < 4.78 is 22.5. The fourth-order valence-corrected chi connectivity index (χ4v) is 5.11. The third-order valence-electron chi connectivity index (χ3n) is 7.87. The average molecular weight is 422 g/mol. The van der Waals surface area contributed by atoms with E-state index in [2.05, 4.69) is 17.6 Å². The maximum absolute atomic E-state index is 13.5. The van der Waals surface area contributed by atoms with Gasteiger partial charge in [-0.25, -0.2) is 9.37 Å². The maximum atomic E-state index is 13.5. The first-order valence-electron chi connectivity index (χ1n) is 11.8. The second kappa shape index (κ2) is 7.74. The average Bonchev–Trinajstić information content (AvgIpc) is 3.69. The van der Waals surface area contributed by atoms with Gasteiger partial charge in [0.1, 0.15) is 23.3 Å². The molecule has 0 unspecified atom stereocenters. The van der Waals surface area contributed by atoms with E-state index in [1.807, 2.05) is 19.1 Å². The molecule has 0 N–H and O–H groups in total. The third-order valence-corrected chi connectivity index (χ3v) is 7.87. The molecule has 1 heterocycles. The van der Waals surface area contributed by atoms with Crippen molar-refractivity contribution < 1.29 is 9.13 Å². The molecule has 0 aliphatic heterocycles. The largest absolute Gasteiger partial charge is 0.367 e. The molecule has 0 bridgehead atoms. The van der Waals surface area contributed by atoms with Gasteiger partial charge in [0, 0.05) is 6.54 Å². The molecule has 3 aliphatic carbocycles. The van der Waals surface area contributed by atoms with Crippen LogP contribution >= 0.6 is 0 Å². The van der Waals surface area contributed by atoms with Gasteiger partial charge in [-0.3, -0.25) is 0 Å². The highest BCUT2D eigenvalue weighted by molar-refractivity contribution is 5.32. The summed E-state index contributed by atoms with van der Waals surface area (Å²) >= 11 is 0. The highest BCUT2D eigenvalue weighted by atomic mass is 19.1. The molecule has 31 heavy (non-hydrogen) atoms. The molecule has 3 aliphatic rings. The Labute approximate surface area is 184 Å². The molecule has 2 aromatic rings. The van der Waals surface area contributed by atoms with Crippen LogP contribution in [0.25, 0.3) is 0 Å². The third kappa shape index (κ3) is 4.03. The molecule has 1 aromatic heterocycles. The molecular formula is C26H32FN3O. The second-order valence-electron chi connectivity index (χ2n) is 10.4.